The number of amides is 1. The summed E-state index contributed by atoms with van der Waals surface area (Å²) >= 11 is 0. The molecule has 1 heterocycles. The first-order chi connectivity index (χ1) is 17.4. The second-order valence-electron chi connectivity index (χ2n) is 8.99. The van der Waals surface area contributed by atoms with Crippen LogP contribution in [0.4, 0.5) is 11.5 Å². The molecular formula is C28H32N4O4. The number of ether oxygens (including phenoxy) is 1. The number of rotatable bonds is 9. The Morgan fingerprint density at radius 2 is 1.78 bits per heavy atom. The predicted molar refractivity (Wildman–Crippen MR) is 141 cm³/mol. The van der Waals surface area contributed by atoms with Crippen molar-refractivity contribution in [1.82, 2.24) is 9.55 Å². The molecule has 36 heavy (non-hydrogen) atoms. The van der Waals surface area contributed by atoms with E-state index in [2.05, 4.69) is 11.1 Å². The van der Waals surface area contributed by atoms with E-state index >= 15 is 0 Å². The Labute approximate surface area is 210 Å². The Morgan fingerprint density at radius 1 is 1.08 bits per heavy atom. The SMILES string of the molecule is C[C@@H](Oc1ccccc1)C(=O)N(CCC1=CCCCC1)c1c(N)n(Cc2ccccc2)c(=O)[nH]c1=O. The summed E-state index contributed by atoms with van der Waals surface area (Å²) in [7, 11) is 0. The number of nitrogens with one attached hydrogen (secondary N) is 1. The standard InChI is InChI=1S/C28H32N4O4/c1-20(36-23-15-9-4-10-16-23)27(34)31(18-17-21-11-5-2-6-12-21)24-25(29)32(28(35)30-26(24)33)19-22-13-7-3-8-14-22/h3-4,7-11,13-16,20H,2,5-6,12,17-19,29H2,1H3,(H,30,33,35)/t20-/m1/s1. The molecule has 1 aliphatic carbocycles. The van der Waals surface area contributed by atoms with E-state index < -0.39 is 23.3 Å². The molecule has 2 aromatic carbocycles. The van der Waals surface area contributed by atoms with Gasteiger partial charge in [-0.15, -0.1) is 0 Å². The highest BCUT2D eigenvalue weighted by molar-refractivity contribution is 5.98. The average Bonchev–Trinajstić information content (AvgIpc) is 2.89. The molecule has 1 aromatic heterocycles. The van der Waals surface area contributed by atoms with Gasteiger partial charge in [0, 0.05) is 6.54 Å². The smallest absolute Gasteiger partial charge is 0.330 e. The third kappa shape index (κ3) is 5.94. The van der Waals surface area contributed by atoms with E-state index in [1.165, 1.54) is 15.0 Å². The maximum Gasteiger partial charge on any atom is 0.330 e. The van der Waals surface area contributed by atoms with Gasteiger partial charge in [0.2, 0.25) is 0 Å². The second kappa shape index (κ2) is 11.6. The monoisotopic (exact) mass is 488 g/mol. The zero-order valence-corrected chi connectivity index (χ0v) is 20.5. The number of nitrogen functional groups attached to an aromatic ring is 1. The predicted octanol–water partition coefficient (Wildman–Crippen LogP) is 3.86. The fourth-order valence-electron chi connectivity index (χ4n) is 4.45. The lowest BCUT2D eigenvalue weighted by Crippen LogP contribution is -2.46. The summed E-state index contributed by atoms with van der Waals surface area (Å²) < 4.78 is 7.16. The van der Waals surface area contributed by atoms with Crippen LogP contribution in [-0.4, -0.2) is 28.1 Å². The molecule has 3 aromatic rings. The first-order valence-electron chi connectivity index (χ1n) is 12.3. The quantitative estimate of drug-likeness (QED) is 0.445. The molecule has 188 valence electrons. The van der Waals surface area contributed by atoms with Gasteiger partial charge < -0.3 is 15.4 Å². The van der Waals surface area contributed by atoms with E-state index in [0.29, 0.717) is 12.2 Å². The highest BCUT2D eigenvalue weighted by atomic mass is 16.5. The van der Waals surface area contributed by atoms with Gasteiger partial charge in [0.15, 0.2) is 11.8 Å². The minimum absolute atomic E-state index is 0.0320. The summed E-state index contributed by atoms with van der Waals surface area (Å²) in [5, 5.41) is 0. The molecule has 0 saturated heterocycles. The number of hydrogen-bond donors (Lipinski definition) is 2. The number of allylic oxidation sites excluding steroid dienone is 1. The van der Waals surface area contributed by atoms with E-state index in [1.54, 1.807) is 19.1 Å². The molecule has 0 bridgehead atoms. The molecule has 3 N–H and O–H groups in total. The van der Waals surface area contributed by atoms with Crippen molar-refractivity contribution in [1.29, 1.82) is 0 Å². The number of hydrogen-bond acceptors (Lipinski definition) is 5. The number of H-pyrrole nitrogens is 1. The number of carbonyl (C=O) groups is 1. The third-order valence-electron chi connectivity index (χ3n) is 6.38. The normalized spacial score (nSPS) is 14.1. The fraction of sp³-hybridized carbons (Fsp3) is 0.321. The van der Waals surface area contributed by atoms with Crippen molar-refractivity contribution in [3.63, 3.8) is 0 Å². The van der Waals surface area contributed by atoms with Crippen molar-refractivity contribution in [2.24, 2.45) is 0 Å². The lowest BCUT2D eigenvalue weighted by Gasteiger charge is -2.28. The average molecular weight is 489 g/mol. The molecule has 8 nitrogen and oxygen atoms in total. The summed E-state index contributed by atoms with van der Waals surface area (Å²) in [5.41, 5.74) is 7.17. The molecule has 1 amide bonds. The molecule has 0 aliphatic heterocycles. The van der Waals surface area contributed by atoms with Gasteiger partial charge in [0.1, 0.15) is 11.6 Å². The lowest BCUT2D eigenvalue weighted by molar-refractivity contribution is -0.124. The lowest BCUT2D eigenvalue weighted by atomic mass is 9.97. The molecule has 0 spiro atoms. The molecule has 0 unspecified atom stereocenters. The molecule has 0 saturated carbocycles. The van der Waals surface area contributed by atoms with Crippen molar-refractivity contribution in [3.8, 4) is 5.75 Å². The number of nitrogens with two attached hydrogens (primary N) is 1. The number of carbonyl (C=O) groups excluding carboxylic acids is 1. The summed E-state index contributed by atoms with van der Waals surface area (Å²) in [6, 6.07) is 18.4. The van der Waals surface area contributed by atoms with Crippen LogP contribution in [0, 0.1) is 0 Å². The van der Waals surface area contributed by atoms with E-state index in [4.69, 9.17) is 10.5 Å². The van der Waals surface area contributed by atoms with Crippen molar-refractivity contribution >= 4 is 17.4 Å². The molecule has 0 fully saturated rings. The summed E-state index contributed by atoms with van der Waals surface area (Å²) in [4.78, 5) is 43.1. The van der Waals surface area contributed by atoms with Gasteiger partial charge in [-0.05, 0) is 56.7 Å². The maximum atomic E-state index is 13.7. The first-order valence-corrected chi connectivity index (χ1v) is 12.3. The van der Waals surface area contributed by atoms with Crippen molar-refractivity contribution in [2.45, 2.75) is 51.7 Å². The molecule has 4 rings (SSSR count). The van der Waals surface area contributed by atoms with Gasteiger partial charge >= 0.3 is 5.69 Å². The van der Waals surface area contributed by atoms with E-state index in [1.807, 2.05) is 48.5 Å². The zero-order valence-electron chi connectivity index (χ0n) is 20.5. The molecule has 1 atom stereocenters. The Bertz CT molecular complexity index is 1330. The van der Waals surface area contributed by atoms with E-state index in [9.17, 15) is 14.4 Å². The number of aromatic nitrogens is 2. The third-order valence-corrected chi connectivity index (χ3v) is 6.38. The van der Waals surface area contributed by atoms with Gasteiger partial charge in [0.05, 0.1) is 6.54 Å². The van der Waals surface area contributed by atoms with Crippen molar-refractivity contribution < 1.29 is 9.53 Å². The van der Waals surface area contributed by atoms with Gasteiger partial charge in [-0.2, -0.15) is 0 Å². The fourth-order valence-corrected chi connectivity index (χ4v) is 4.45. The topological polar surface area (TPSA) is 110 Å². The number of anilines is 2. The van der Waals surface area contributed by atoms with Gasteiger partial charge in [0.25, 0.3) is 11.5 Å². The van der Waals surface area contributed by atoms with Crippen LogP contribution in [0.15, 0.2) is 81.9 Å². The minimum atomic E-state index is -0.874. The maximum absolute atomic E-state index is 13.7. The van der Waals surface area contributed by atoms with E-state index in [0.717, 1.165) is 31.2 Å². The van der Waals surface area contributed by atoms with Gasteiger partial charge in [-0.1, -0.05) is 60.2 Å². The van der Waals surface area contributed by atoms with Crippen LogP contribution in [0.25, 0.3) is 0 Å². The minimum Gasteiger partial charge on any atom is -0.481 e. The summed E-state index contributed by atoms with van der Waals surface area (Å²) in [6.07, 6.45) is 6.20. The molecule has 1 aliphatic rings. The first kappa shape index (κ1) is 25.0. The summed E-state index contributed by atoms with van der Waals surface area (Å²) in [5.74, 6) is 0.0899. The largest absolute Gasteiger partial charge is 0.481 e. The van der Waals surface area contributed by atoms with Crippen LogP contribution in [0.1, 0.15) is 44.6 Å². The van der Waals surface area contributed by atoms with E-state index in [-0.39, 0.29) is 24.6 Å². The Morgan fingerprint density at radius 3 is 2.44 bits per heavy atom. The number of para-hydroxylation sites is 1. The Hall–Kier alpha value is -4.07. The van der Waals surface area contributed by atoms with Crippen molar-refractivity contribution in [3.05, 3.63) is 98.7 Å². The Kier molecular flexibility index (Phi) is 8.05. The van der Waals surface area contributed by atoms with Crippen LogP contribution < -0.4 is 26.6 Å². The summed E-state index contributed by atoms with van der Waals surface area (Å²) in [6.45, 7) is 2.06. The zero-order chi connectivity index (χ0) is 25.5. The number of benzene rings is 2. The number of nitrogens with zero attached hydrogens (tertiary/aromatic N) is 2. The molecular weight excluding hydrogens is 456 g/mol. The van der Waals surface area contributed by atoms with Gasteiger partial charge in [-0.3, -0.25) is 19.1 Å². The van der Waals surface area contributed by atoms with Crippen LogP contribution in [0.3, 0.4) is 0 Å². The highest BCUT2D eigenvalue weighted by Gasteiger charge is 2.29. The molecule has 8 heteroatoms. The second-order valence-corrected chi connectivity index (χ2v) is 8.99. The number of aromatic amines is 1. The van der Waals surface area contributed by atoms with Gasteiger partial charge in [-0.25, -0.2) is 4.79 Å². The Balaban J connectivity index is 1.70. The molecule has 0 radical (unpaired) electrons. The van der Waals surface area contributed by atoms with Crippen LogP contribution in [0.2, 0.25) is 0 Å². The van der Waals surface area contributed by atoms with Crippen LogP contribution in [0.5, 0.6) is 5.75 Å². The van der Waals surface area contributed by atoms with Crippen molar-refractivity contribution in [2.75, 3.05) is 17.2 Å². The highest BCUT2D eigenvalue weighted by Crippen LogP contribution is 2.24. The van der Waals surface area contributed by atoms with Crippen LogP contribution in [-0.2, 0) is 11.3 Å². The van der Waals surface area contributed by atoms with Crippen LogP contribution >= 0.6 is 0 Å².